The summed E-state index contributed by atoms with van der Waals surface area (Å²) < 4.78 is 8.13. The van der Waals surface area contributed by atoms with Crippen molar-refractivity contribution in [1.29, 1.82) is 0 Å². The van der Waals surface area contributed by atoms with Crippen LogP contribution >= 0.6 is 27.5 Å². The molecule has 1 aromatic carbocycles. The van der Waals surface area contributed by atoms with Gasteiger partial charge in [0.1, 0.15) is 5.82 Å². The molecule has 3 aromatic rings. The smallest absolute Gasteiger partial charge is 0.257 e. The zero-order valence-corrected chi connectivity index (χ0v) is 17.0. The van der Waals surface area contributed by atoms with Crippen molar-refractivity contribution in [2.45, 2.75) is 0 Å². The fourth-order valence-electron chi connectivity index (χ4n) is 3.22. The maximum absolute atomic E-state index is 13.0. The highest BCUT2D eigenvalue weighted by Crippen LogP contribution is 2.31. The molecule has 3 heterocycles. The number of halogens is 2. The second-order valence-corrected chi connectivity index (χ2v) is 7.63. The van der Waals surface area contributed by atoms with Crippen molar-refractivity contribution in [3.05, 3.63) is 51.7 Å². The van der Waals surface area contributed by atoms with Crippen LogP contribution in [0.5, 0.6) is 0 Å². The molecule has 0 saturated carbocycles. The summed E-state index contributed by atoms with van der Waals surface area (Å²) in [7, 11) is 1.93. The summed E-state index contributed by atoms with van der Waals surface area (Å²) in [5.74, 6) is 0.665. The van der Waals surface area contributed by atoms with Gasteiger partial charge in [-0.1, -0.05) is 11.6 Å². The number of morpholine rings is 1. The molecule has 6 nitrogen and oxygen atoms in total. The summed E-state index contributed by atoms with van der Waals surface area (Å²) in [6, 6.07) is 7.58. The van der Waals surface area contributed by atoms with Crippen molar-refractivity contribution in [1.82, 2.24) is 14.5 Å². The SMILES string of the molecule is Cn1ccc2c(Nc3ccc(Br)c(Cl)c3)ncc(C(=O)N3CCOCC3)c21. The Labute approximate surface area is 170 Å². The molecule has 2 aromatic heterocycles. The van der Waals surface area contributed by atoms with Gasteiger partial charge in [0, 0.05) is 48.1 Å². The first-order valence-electron chi connectivity index (χ1n) is 8.58. The van der Waals surface area contributed by atoms with Gasteiger partial charge in [-0.2, -0.15) is 0 Å². The van der Waals surface area contributed by atoms with E-state index < -0.39 is 0 Å². The largest absolute Gasteiger partial charge is 0.378 e. The van der Waals surface area contributed by atoms with Gasteiger partial charge < -0.3 is 19.5 Å². The van der Waals surface area contributed by atoms with Gasteiger partial charge in [-0.15, -0.1) is 0 Å². The van der Waals surface area contributed by atoms with Gasteiger partial charge in [-0.05, 0) is 40.2 Å². The quantitative estimate of drug-likeness (QED) is 0.651. The van der Waals surface area contributed by atoms with Crippen LogP contribution in [0.2, 0.25) is 5.02 Å². The fourth-order valence-corrected chi connectivity index (χ4v) is 3.65. The minimum absolute atomic E-state index is 0.0177. The van der Waals surface area contributed by atoms with Crippen molar-refractivity contribution in [2.75, 3.05) is 31.6 Å². The molecule has 0 unspecified atom stereocenters. The number of ether oxygens (including phenoxy) is 1. The van der Waals surface area contributed by atoms with Gasteiger partial charge in [0.2, 0.25) is 0 Å². The molecule has 1 fully saturated rings. The van der Waals surface area contributed by atoms with Gasteiger partial charge in [0.15, 0.2) is 0 Å². The molecule has 0 atom stereocenters. The number of aryl methyl sites for hydroxylation is 1. The zero-order chi connectivity index (χ0) is 19.0. The van der Waals surface area contributed by atoms with Crippen LogP contribution in [0.4, 0.5) is 11.5 Å². The van der Waals surface area contributed by atoms with E-state index in [1.165, 1.54) is 0 Å². The van der Waals surface area contributed by atoms with E-state index in [0.717, 1.165) is 21.1 Å². The predicted molar refractivity (Wildman–Crippen MR) is 110 cm³/mol. The lowest BCUT2D eigenvalue weighted by atomic mass is 10.1. The Morgan fingerprint density at radius 1 is 1.30 bits per heavy atom. The first-order chi connectivity index (χ1) is 13.0. The highest BCUT2D eigenvalue weighted by atomic mass is 79.9. The Morgan fingerprint density at radius 3 is 2.81 bits per heavy atom. The molecule has 0 bridgehead atoms. The summed E-state index contributed by atoms with van der Waals surface area (Å²) in [6.45, 7) is 2.34. The van der Waals surface area contributed by atoms with Crippen molar-refractivity contribution in [3.63, 3.8) is 0 Å². The fraction of sp³-hybridized carbons (Fsp3) is 0.263. The molecular formula is C19H18BrClN4O2. The molecule has 1 aliphatic rings. The number of amides is 1. The zero-order valence-electron chi connectivity index (χ0n) is 14.7. The minimum atomic E-state index is -0.0177. The summed E-state index contributed by atoms with van der Waals surface area (Å²) in [5, 5.41) is 4.80. The molecule has 1 aliphatic heterocycles. The van der Waals surface area contributed by atoms with E-state index in [-0.39, 0.29) is 5.91 Å². The van der Waals surface area contributed by atoms with Crippen LogP contribution in [0.25, 0.3) is 10.9 Å². The number of carbonyl (C=O) groups excluding carboxylic acids is 1. The van der Waals surface area contributed by atoms with Gasteiger partial charge in [-0.25, -0.2) is 4.98 Å². The molecular weight excluding hydrogens is 432 g/mol. The van der Waals surface area contributed by atoms with Crippen LogP contribution < -0.4 is 5.32 Å². The van der Waals surface area contributed by atoms with Crippen LogP contribution in [0.1, 0.15) is 10.4 Å². The number of pyridine rings is 1. The number of nitrogens with one attached hydrogen (secondary N) is 1. The summed E-state index contributed by atoms with van der Waals surface area (Å²) in [6.07, 6.45) is 3.57. The first-order valence-corrected chi connectivity index (χ1v) is 9.75. The number of carbonyl (C=O) groups is 1. The molecule has 27 heavy (non-hydrogen) atoms. The molecule has 140 valence electrons. The second-order valence-electron chi connectivity index (χ2n) is 6.37. The maximum Gasteiger partial charge on any atom is 0.257 e. The highest BCUT2D eigenvalue weighted by molar-refractivity contribution is 9.10. The summed E-state index contributed by atoms with van der Waals surface area (Å²) in [4.78, 5) is 19.3. The molecule has 0 aliphatic carbocycles. The molecule has 0 radical (unpaired) electrons. The Hall–Kier alpha value is -2.09. The van der Waals surface area contributed by atoms with E-state index >= 15 is 0 Å². The van der Waals surface area contributed by atoms with Gasteiger partial charge in [0.25, 0.3) is 5.91 Å². The van der Waals surface area contributed by atoms with Crippen molar-refractivity contribution in [2.24, 2.45) is 7.05 Å². The molecule has 4 rings (SSSR count). The van der Waals surface area contributed by atoms with Crippen molar-refractivity contribution in [3.8, 4) is 0 Å². The summed E-state index contributed by atoms with van der Waals surface area (Å²) >= 11 is 9.57. The lowest BCUT2D eigenvalue weighted by Crippen LogP contribution is -2.40. The third-order valence-corrected chi connectivity index (χ3v) is 5.85. The molecule has 1 amide bonds. The minimum Gasteiger partial charge on any atom is -0.378 e. The standard InChI is InChI=1S/C19H18BrClN4O2/c1-24-5-4-13-17(24)14(19(26)25-6-8-27-9-7-25)11-22-18(13)23-12-2-3-15(20)16(21)10-12/h2-5,10-11H,6-9H2,1H3,(H,22,23). The van der Waals surface area contributed by atoms with Gasteiger partial charge in [0.05, 0.1) is 29.3 Å². The molecule has 1 saturated heterocycles. The average molecular weight is 450 g/mol. The van der Waals surface area contributed by atoms with Crippen LogP contribution in [-0.4, -0.2) is 46.7 Å². The molecule has 1 N–H and O–H groups in total. The number of aromatic nitrogens is 2. The van der Waals surface area contributed by atoms with Crippen molar-refractivity contribution >= 4 is 55.8 Å². The van der Waals surface area contributed by atoms with Crippen molar-refractivity contribution < 1.29 is 9.53 Å². The number of benzene rings is 1. The number of anilines is 2. The number of hydrogen-bond acceptors (Lipinski definition) is 4. The van der Waals surface area contributed by atoms with E-state index in [1.54, 1.807) is 6.20 Å². The molecule has 8 heteroatoms. The van der Waals surface area contributed by atoms with E-state index in [0.29, 0.717) is 42.7 Å². The lowest BCUT2D eigenvalue weighted by molar-refractivity contribution is 0.0303. The first kappa shape index (κ1) is 18.3. The van der Waals surface area contributed by atoms with Crippen LogP contribution in [0.15, 0.2) is 41.1 Å². The Morgan fingerprint density at radius 2 is 2.07 bits per heavy atom. The third kappa shape index (κ3) is 3.54. The van der Waals surface area contributed by atoms with E-state index in [2.05, 4.69) is 26.2 Å². The summed E-state index contributed by atoms with van der Waals surface area (Å²) in [5.41, 5.74) is 2.28. The topological polar surface area (TPSA) is 59.4 Å². The van der Waals surface area contributed by atoms with Crippen LogP contribution in [0, 0.1) is 0 Å². The Balaban J connectivity index is 1.72. The number of rotatable bonds is 3. The predicted octanol–water partition coefficient (Wildman–Crippen LogP) is 4.21. The number of hydrogen-bond donors (Lipinski definition) is 1. The lowest BCUT2D eigenvalue weighted by Gasteiger charge is -2.27. The normalized spacial score (nSPS) is 14.6. The van der Waals surface area contributed by atoms with E-state index in [9.17, 15) is 4.79 Å². The monoisotopic (exact) mass is 448 g/mol. The Bertz CT molecular complexity index is 1010. The highest BCUT2D eigenvalue weighted by Gasteiger charge is 2.23. The van der Waals surface area contributed by atoms with Crippen LogP contribution in [0.3, 0.4) is 0 Å². The van der Waals surface area contributed by atoms with E-state index in [1.807, 2.05) is 47.0 Å². The van der Waals surface area contributed by atoms with E-state index in [4.69, 9.17) is 16.3 Å². The third-order valence-electron chi connectivity index (χ3n) is 4.62. The van der Waals surface area contributed by atoms with Crippen LogP contribution in [-0.2, 0) is 11.8 Å². The maximum atomic E-state index is 13.0. The van der Waals surface area contributed by atoms with Gasteiger partial charge >= 0.3 is 0 Å². The van der Waals surface area contributed by atoms with Gasteiger partial charge in [-0.3, -0.25) is 4.79 Å². The number of nitrogens with zero attached hydrogens (tertiary/aromatic N) is 3. The Kier molecular flexibility index (Phi) is 5.08. The second kappa shape index (κ2) is 7.50. The molecule has 0 spiro atoms. The average Bonchev–Trinajstić information content (AvgIpc) is 3.08. The number of fused-ring (bicyclic) bond motifs is 1.